The lowest BCUT2D eigenvalue weighted by Gasteiger charge is -2.34. The highest BCUT2D eigenvalue weighted by atomic mass is 16.6. The van der Waals surface area contributed by atoms with Crippen molar-refractivity contribution in [1.82, 2.24) is 0 Å². The monoisotopic (exact) mass is 784 g/mol. The lowest BCUT2D eigenvalue weighted by Crippen LogP contribution is -2.55. The van der Waals surface area contributed by atoms with E-state index < -0.39 is 18.1 Å². The van der Waals surface area contributed by atoms with Crippen LogP contribution in [0.1, 0.15) is 162 Å². The summed E-state index contributed by atoms with van der Waals surface area (Å²) in [6, 6.07) is -0.740. The van der Waals surface area contributed by atoms with Gasteiger partial charge < -0.3 is 28.6 Å². The largest absolute Gasteiger partial charge is 0.544 e. The molecule has 0 amide bonds. The third-order valence-electron chi connectivity index (χ3n) is 9.34. The van der Waals surface area contributed by atoms with E-state index in [1.54, 1.807) is 21.1 Å². The SMILES string of the molecule is CC/C=C/C/C=C/C/C=C/C/C=C/C/C=C/CCC(=O)OCC(COCCC(C(=O)[O-])[N+](C)(C)C)OC(=O)CCCCCCC/C=C/CCCCCCCCC. The number of hydrogen-bond donors (Lipinski definition) is 0. The zero-order valence-corrected chi connectivity index (χ0v) is 36.3. The zero-order chi connectivity index (χ0) is 41.4. The van der Waals surface area contributed by atoms with Gasteiger partial charge >= 0.3 is 11.9 Å². The fourth-order valence-electron chi connectivity index (χ4n) is 5.94. The minimum atomic E-state index is -1.14. The number of ether oxygens (including phenoxy) is 3. The number of carboxylic acids is 1. The summed E-state index contributed by atoms with van der Waals surface area (Å²) >= 11 is 0. The van der Waals surface area contributed by atoms with Crippen LogP contribution in [-0.4, -0.2) is 75.5 Å². The molecule has 0 N–H and O–H groups in total. The number of unbranched alkanes of at least 4 members (excludes halogenated alkanes) is 12. The highest BCUT2D eigenvalue weighted by molar-refractivity contribution is 5.70. The third kappa shape index (κ3) is 36.4. The number of rotatable bonds is 38. The summed E-state index contributed by atoms with van der Waals surface area (Å²) in [7, 11) is 5.37. The second kappa shape index (κ2) is 38.6. The Kier molecular flexibility index (Phi) is 36.4. The van der Waals surface area contributed by atoms with Crippen LogP contribution >= 0.6 is 0 Å². The Bertz CT molecular complexity index is 1140. The number of carbonyl (C=O) groups is 3. The average Bonchev–Trinajstić information content (AvgIpc) is 3.15. The Morgan fingerprint density at radius 3 is 1.55 bits per heavy atom. The number of carboxylic acid groups (broad SMARTS) is 1. The predicted octanol–water partition coefficient (Wildman–Crippen LogP) is 10.6. The first kappa shape index (κ1) is 52.8. The van der Waals surface area contributed by atoms with Gasteiger partial charge in [0.1, 0.15) is 12.6 Å². The van der Waals surface area contributed by atoms with Crippen molar-refractivity contribution in [3.63, 3.8) is 0 Å². The van der Waals surface area contributed by atoms with Crippen molar-refractivity contribution in [2.75, 3.05) is 41.0 Å². The lowest BCUT2D eigenvalue weighted by molar-refractivity contribution is -0.889. The van der Waals surface area contributed by atoms with Crippen molar-refractivity contribution in [1.29, 1.82) is 0 Å². The van der Waals surface area contributed by atoms with E-state index in [1.807, 2.05) is 12.2 Å². The van der Waals surface area contributed by atoms with Crippen LogP contribution in [0.5, 0.6) is 0 Å². The Balaban J connectivity index is 4.48. The van der Waals surface area contributed by atoms with Gasteiger partial charge in [0.05, 0.1) is 40.3 Å². The van der Waals surface area contributed by atoms with Crippen LogP contribution in [0, 0.1) is 0 Å². The molecular formula is C48H81NO7. The number of esters is 2. The van der Waals surface area contributed by atoms with Gasteiger partial charge in [-0.15, -0.1) is 0 Å². The van der Waals surface area contributed by atoms with Crippen molar-refractivity contribution >= 4 is 17.9 Å². The number of aliphatic carboxylic acids is 1. The van der Waals surface area contributed by atoms with Gasteiger partial charge in [0.2, 0.25) is 0 Å². The standard InChI is InChI=1S/C48H81NO7/c1-6-8-10-12-14-16-18-20-22-24-26-28-30-32-34-36-38-46(50)55-43-44(42-54-41-40-45(48(52)53)49(3,4)5)56-47(51)39-37-35-33-31-29-27-25-23-21-19-17-15-13-11-9-7-2/h8,10,14,16,20,22-23,25-26,28,32,34,44-45H,6-7,9,11-13,15,17-19,21,24,27,29-31,33,35-43H2,1-5H3/b10-8+,16-14+,22-20+,25-23+,28-26+,34-32+. The van der Waals surface area contributed by atoms with Crippen LogP contribution in [0.25, 0.3) is 0 Å². The molecule has 0 aromatic heterocycles. The number of allylic oxidation sites excluding steroid dienone is 12. The maximum Gasteiger partial charge on any atom is 0.306 e. The van der Waals surface area contributed by atoms with Gasteiger partial charge in [-0.2, -0.15) is 0 Å². The first-order valence-electron chi connectivity index (χ1n) is 22.0. The highest BCUT2D eigenvalue weighted by Crippen LogP contribution is 2.12. The quantitative estimate of drug-likeness (QED) is 0.0266. The Morgan fingerprint density at radius 1 is 0.554 bits per heavy atom. The summed E-state index contributed by atoms with van der Waals surface area (Å²) in [5.41, 5.74) is 0. The molecule has 2 atom stereocenters. The molecule has 0 fully saturated rings. The molecule has 0 radical (unpaired) electrons. The number of quaternary nitrogens is 1. The molecule has 0 rings (SSSR count). The molecule has 320 valence electrons. The summed E-state index contributed by atoms with van der Waals surface area (Å²) in [6.07, 6.45) is 48.0. The second-order valence-corrected chi connectivity index (χ2v) is 15.5. The number of carbonyl (C=O) groups excluding carboxylic acids is 3. The van der Waals surface area contributed by atoms with Gasteiger partial charge in [-0.3, -0.25) is 9.59 Å². The Hall–Kier alpha value is -3.23. The fraction of sp³-hybridized carbons (Fsp3) is 0.688. The molecule has 0 bridgehead atoms. The van der Waals surface area contributed by atoms with Crippen LogP contribution < -0.4 is 5.11 Å². The molecule has 0 aliphatic heterocycles. The smallest absolute Gasteiger partial charge is 0.306 e. The van der Waals surface area contributed by atoms with Crippen LogP contribution in [-0.2, 0) is 28.6 Å². The summed E-state index contributed by atoms with van der Waals surface area (Å²) < 4.78 is 17.1. The van der Waals surface area contributed by atoms with Crippen LogP contribution in [0.3, 0.4) is 0 Å². The van der Waals surface area contributed by atoms with Crippen molar-refractivity contribution < 1.29 is 38.2 Å². The van der Waals surface area contributed by atoms with Gasteiger partial charge in [0.15, 0.2) is 6.10 Å². The van der Waals surface area contributed by atoms with E-state index >= 15 is 0 Å². The van der Waals surface area contributed by atoms with E-state index in [9.17, 15) is 19.5 Å². The molecule has 2 unspecified atom stereocenters. The van der Waals surface area contributed by atoms with Crippen LogP contribution in [0.4, 0.5) is 0 Å². The minimum Gasteiger partial charge on any atom is -0.544 e. The van der Waals surface area contributed by atoms with E-state index in [0.717, 1.165) is 70.6 Å². The highest BCUT2D eigenvalue weighted by Gasteiger charge is 2.25. The maximum atomic E-state index is 12.7. The molecule has 0 saturated heterocycles. The Labute approximate surface area is 342 Å². The molecule has 0 spiro atoms. The molecule has 8 heteroatoms. The fourth-order valence-corrected chi connectivity index (χ4v) is 5.94. The number of nitrogens with zero attached hydrogens (tertiary/aromatic N) is 1. The maximum absolute atomic E-state index is 12.7. The van der Waals surface area contributed by atoms with Gasteiger partial charge in [-0.25, -0.2) is 0 Å². The molecule has 56 heavy (non-hydrogen) atoms. The molecule has 0 aliphatic rings. The molecule has 8 nitrogen and oxygen atoms in total. The third-order valence-corrected chi connectivity index (χ3v) is 9.34. The molecule has 0 aromatic rings. The molecule has 0 heterocycles. The molecule has 0 saturated carbocycles. The van der Waals surface area contributed by atoms with E-state index in [0.29, 0.717) is 12.8 Å². The van der Waals surface area contributed by atoms with Gasteiger partial charge in [-0.1, -0.05) is 145 Å². The van der Waals surface area contributed by atoms with Crippen molar-refractivity contribution in [3.8, 4) is 0 Å². The topological polar surface area (TPSA) is 102 Å². The van der Waals surface area contributed by atoms with E-state index in [4.69, 9.17) is 14.2 Å². The second-order valence-electron chi connectivity index (χ2n) is 15.5. The lowest BCUT2D eigenvalue weighted by atomic mass is 10.1. The Morgan fingerprint density at radius 2 is 1.04 bits per heavy atom. The summed E-state index contributed by atoms with van der Waals surface area (Å²) in [6.45, 7) is 4.44. The zero-order valence-electron chi connectivity index (χ0n) is 36.3. The first-order valence-corrected chi connectivity index (χ1v) is 22.0. The van der Waals surface area contributed by atoms with Crippen LogP contribution in [0.15, 0.2) is 72.9 Å². The van der Waals surface area contributed by atoms with Gasteiger partial charge in [0.25, 0.3) is 0 Å². The van der Waals surface area contributed by atoms with Crippen molar-refractivity contribution in [3.05, 3.63) is 72.9 Å². The normalized spacial score (nSPS) is 13.7. The summed E-state index contributed by atoms with van der Waals surface area (Å²) in [5, 5.41) is 11.6. The first-order chi connectivity index (χ1) is 27.1. The van der Waals surface area contributed by atoms with E-state index in [1.165, 1.54) is 51.4 Å². The van der Waals surface area contributed by atoms with E-state index in [-0.39, 0.29) is 49.1 Å². The molecule has 0 aromatic carbocycles. The summed E-state index contributed by atoms with van der Waals surface area (Å²) in [4.78, 5) is 36.8. The predicted molar refractivity (Wildman–Crippen MR) is 231 cm³/mol. The van der Waals surface area contributed by atoms with E-state index in [2.05, 4.69) is 74.6 Å². The molecule has 0 aliphatic carbocycles. The van der Waals surface area contributed by atoms with Gasteiger partial charge in [-0.05, 0) is 70.6 Å². The van der Waals surface area contributed by atoms with Crippen molar-refractivity contribution in [2.45, 2.75) is 174 Å². The van der Waals surface area contributed by atoms with Crippen LogP contribution in [0.2, 0.25) is 0 Å². The van der Waals surface area contributed by atoms with Gasteiger partial charge in [0, 0.05) is 19.3 Å². The minimum absolute atomic E-state index is 0.0111. The van der Waals surface area contributed by atoms with Crippen molar-refractivity contribution in [2.24, 2.45) is 0 Å². The number of hydrogen-bond acceptors (Lipinski definition) is 7. The molecular weight excluding hydrogens is 703 g/mol. The summed E-state index contributed by atoms with van der Waals surface area (Å²) in [5.74, 6) is -1.86. The number of likely N-dealkylation sites (N-methyl/N-ethyl adjacent to an activating group) is 1. The average molecular weight is 784 g/mol.